The first-order valence-electron chi connectivity index (χ1n) is 8.48. The average molecular weight is 338 g/mol. The number of nitrogens with zero attached hydrogens (tertiary/aromatic N) is 2. The Hall–Kier alpha value is -2.62. The molecular weight excluding hydrogens is 312 g/mol. The zero-order valence-corrected chi connectivity index (χ0v) is 15.4. The molecule has 0 heterocycles. The van der Waals surface area contributed by atoms with E-state index >= 15 is 0 Å². The summed E-state index contributed by atoms with van der Waals surface area (Å²) in [6, 6.07) is 7.74. The molecule has 0 aromatic heterocycles. The van der Waals surface area contributed by atoms with E-state index < -0.39 is 0 Å². The highest BCUT2D eigenvalue weighted by Gasteiger charge is 2.03. The van der Waals surface area contributed by atoms with E-state index in [1.165, 1.54) is 0 Å². The van der Waals surface area contributed by atoms with Crippen molar-refractivity contribution in [2.45, 2.75) is 34.1 Å². The maximum Gasteiger partial charge on any atom is 0.127 e. The molecule has 0 atom stereocenters. The molecule has 0 amide bonds. The maximum atomic E-state index is 10.0. The Morgan fingerprint density at radius 2 is 1.12 bits per heavy atom. The van der Waals surface area contributed by atoms with Gasteiger partial charge in [0.1, 0.15) is 11.5 Å². The van der Waals surface area contributed by atoms with E-state index in [0.29, 0.717) is 13.1 Å². The molecule has 4 nitrogen and oxygen atoms in total. The molecule has 132 valence electrons. The lowest BCUT2D eigenvalue weighted by Gasteiger charge is -2.05. The highest BCUT2D eigenvalue weighted by Crippen LogP contribution is 2.23. The number of aliphatic imine (C=N–C) groups is 2. The summed E-state index contributed by atoms with van der Waals surface area (Å²) in [6.45, 7) is 9.06. The number of aryl methyl sites for hydroxylation is 4. The molecule has 0 unspecified atom stereocenters. The number of phenolic OH excluding ortho intramolecular Hbond substituents is 2. The summed E-state index contributed by atoms with van der Waals surface area (Å²) in [5, 5.41) is 20.0. The molecule has 25 heavy (non-hydrogen) atoms. The summed E-state index contributed by atoms with van der Waals surface area (Å²) < 4.78 is 0. The van der Waals surface area contributed by atoms with Crippen LogP contribution >= 0.6 is 0 Å². The predicted octanol–water partition coefficient (Wildman–Crippen LogP) is 4.26. The fourth-order valence-electron chi connectivity index (χ4n) is 2.76. The van der Waals surface area contributed by atoms with E-state index in [1.54, 1.807) is 12.4 Å². The first kappa shape index (κ1) is 18.7. The molecule has 0 saturated heterocycles. The van der Waals surface area contributed by atoms with Crippen molar-refractivity contribution in [1.29, 1.82) is 0 Å². The van der Waals surface area contributed by atoms with E-state index in [0.717, 1.165) is 39.8 Å². The van der Waals surface area contributed by atoms with Crippen LogP contribution in [-0.2, 0) is 0 Å². The van der Waals surface area contributed by atoms with Crippen LogP contribution < -0.4 is 0 Å². The fraction of sp³-hybridized carbons (Fsp3) is 0.333. The Bertz CT molecular complexity index is 741. The van der Waals surface area contributed by atoms with E-state index in [1.807, 2.05) is 52.0 Å². The van der Waals surface area contributed by atoms with Crippen molar-refractivity contribution in [3.63, 3.8) is 0 Å². The third kappa shape index (κ3) is 5.18. The van der Waals surface area contributed by atoms with E-state index in [4.69, 9.17) is 0 Å². The van der Waals surface area contributed by atoms with Crippen LogP contribution in [0.4, 0.5) is 0 Å². The maximum absolute atomic E-state index is 10.0. The molecule has 0 aliphatic rings. The molecule has 2 N–H and O–H groups in total. The zero-order valence-electron chi connectivity index (χ0n) is 15.4. The van der Waals surface area contributed by atoms with Gasteiger partial charge in [0.15, 0.2) is 0 Å². The monoisotopic (exact) mass is 338 g/mol. The first-order valence-corrected chi connectivity index (χ1v) is 8.48. The quantitative estimate of drug-likeness (QED) is 0.610. The van der Waals surface area contributed by atoms with Crippen LogP contribution in [0.3, 0.4) is 0 Å². The topological polar surface area (TPSA) is 65.2 Å². The van der Waals surface area contributed by atoms with E-state index in [2.05, 4.69) is 9.98 Å². The van der Waals surface area contributed by atoms with Crippen molar-refractivity contribution in [2.24, 2.45) is 9.98 Å². The Morgan fingerprint density at radius 1 is 0.720 bits per heavy atom. The summed E-state index contributed by atoms with van der Waals surface area (Å²) in [4.78, 5) is 8.73. The van der Waals surface area contributed by atoms with Gasteiger partial charge in [-0.1, -0.05) is 12.1 Å². The van der Waals surface area contributed by atoms with Gasteiger partial charge in [-0.3, -0.25) is 9.98 Å². The zero-order chi connectivity index (χ0) is 18.4. The number of aromatic hydroxyl groups is 2. The van der Waals surface area contributed by atoms with Gasteiger partial charge in [0, 0.05) is 36.6 Å². The summed E-state index contributed by atoms with van der Waals surface area (Å²) in [6.07, 6.45) is 4.24. The first-order chi connectivity index (χ1) is 11.9. The van der Waals surface area contributed by atoms with Crippen LogP contribution in [0, 0.1) is 27.7 Å². The summed E-state index contributed by atoms with van der Waals surface area (Å²) in [5.74, 6) is 0.579. The van der Waals surface area contributed by atoms with Crippen LogP contribution in [0.15, 0.2) is 34.3 Å². The Morgan fingerprint density at radius 3 is 1.52 bits per heavy atom. The third-order valence-electron chi connectivity index (χ3n) is 3.98. The van der Waals surface area contributed by atoms with Gasteiger partial charge in [-0.25, -0.2) is 0 Å². The molecule has 2 rings (SSSR count). The number of hydrogen-bond acceptors (Lipinski definition) is 4. The molecule has 0 aliphatic carbocycles. The van der Waals surface area contributed by atoms with Gasteiger partial charge in [0.2, 0.25) is 0 Å². The largest absolute Gasteiger partial charge is 0.507 e. The Balaban J connectivity index is 1.86. The van der Waals surface area contributed by atoms with Crippen molar-refractivity contribution >= 4 is 12.4 Å². The van der Waals surface area contributed by atoms with Gasteiger partial charge in [-0.15, -0.1) is 0 Å². The summed E-state index contributed by atoms with van der Waals surface area (Å²) >= 11 is 0. The fourth-order valence-corrected chi connectivity index (χ4v) is 2.76. The van der Waals surface area contributed by atoms with Gasteiger partial charge in [-0.05, 0) is 68.5 Å². The minimum absolute atomic E-state index is 0.290. The number of phenols is 2. The van der Waals surface area contributed by atoms with Gasteiger partial charge in [0.25, 0.3) is 0 Å². The molecule has 0 spiro atoms. The minimum atomic E-state index is 0.290. The molecule has 0 fully saturated rings. The Labute approximate surface area is 149 Å². The van der Waals surface area contributed by atoms with Crippen LogP contribution in [0.1, 0.15) is 39.8 Å². The van der Waals surface area contributed by atoms with Crippen LogP contribution in [0.5, 0.6) is 11.5 Å². The highest BCUT2D eigenvalue weighted by atomic mass is 16.3. The second kappa shape index (κ2) is 8.47. The van der Waals surface area contributed by atoms with E-state index in [-0.39, 0.29) is 11.5 Å². The standard InChI is InChI=1S/C21H26N2O2/c1-14-8-16(3)20(24)18(10-14)12-22-6-5-7-23-13-19-11-15(2)9-17(4)21(19)25/h8-13,24-25H,5-7H2,1-4H3. The number of hydrogen-bond donors (Lipinski definition) is 2. The highest BCUT2D eigenvalue weighted by molar-refractivity contribution is 5.85. The normalized spacial score (nSPS) is 11.7. The molecular formula is C21H26N2O2. The number of rotatable bonds is 6. The molecule has 2 aromatic rings. The molecule has 0 radical (unpaired) electrons. The van der Waals surface area contributed by atoms with Crippen molar-refractivity contribution in [2.75, 3.05) is 13.1 Å². The van der Waals surface area contributed by atoms with E-state index in [9.17, 15) is 10.2 Å². The summed E-state index contributed by atoms with van der Waals surface area (Å²) in [5.41, 5.74) is 5.44. The molecule has 0 bridgehead atoms. The minimum Gasteiger partial charge on any atom is -0.507 e. The van der Waals surface area contributed by atoms with Crippen LogP contribution in [0.2, 0.25) is 0 Å². The van der Waals surface area contributed by atoms with Crippen molar-refractivity contribution in [1.82, 2.24) is 0 Å². The van der Waals surface area contributed by atoms with Gasteiger partial charge >= 0.3 is 0 Å². The van der Waals surface area contributed by atoms with Crippen LogP contribution in [0.25, 0.3) is 0 Å². The van der Waals surface area contributed by atoms with Gasteiger partial charge < -0.3 is 10.2 Å². The lowest BCUT2D eigenvalue weighted by molar-refractivity contribution is 0.469. The predicted molar refractivity (Wildman–Crippen MR) is 105 cm³/mol. The Kier molecular flexibility index (Phi) is 6.34. The van der Waals surface area contributed by atoms with Crippen molar-refractivity contribution < 1.29 is 10.2 Å². The SMILES string of the molecule is Cc1cc(C)c(O)c(C=NCCCN=Cc2cc(C)cc(C)c2O)c1. The van der Waals surface area contributed by atoms with Gasteiger partial charge in [-0.2, -0.15) is 0 Å². The van der Waals surface area contributed by atoms with Gasteiger partial charge in [0.05, 0.1) is 0 Å². The molecule has 2 aromatic carbocycles. The second-order valence-electron chi connectivity index (χ2n) is 6.46. The van der Waals surface area contributed by atoms with Crippen molar-refractivity contribution in [3.8, 4) is 11.5 Å². The second-order valence-corrected chi connectivity index (χ2v) is 6.46. The third-order valence-corrected chi connectivity index (χ3v) is 3.98. The number of benzene rings is 2. The van der Waals surface area contributed by atoms with Crippen molar-refractivity contribution in [3.05, 3.63) is 57.6 Å². The molecule has 0 saturated carbocycles. The molecule has 0 aliphatic heterocycles. The van der Waals surface area contributed by atoms with Crippen LogP contribution in [-0.4, -0.2) is 35.7 Å². The lowest BCUT2D eigenvalue weighted by atomic mass is 10.1. The lowest BCUT2D eigenvalue weighted by Crippen LogP contribution is -1.92. The summed E-state index contributed by atoms with van der Waals surface area (Å²) in [7, 11) is 0. The smallest absolute Gasteiger partial charge is 0.127 e. The average Bonchev–Trinajstić information content (AvgIpc) is 2.55. The molecule has 4 heteroatoms.